The molecule has 10 aromatic carbocycles. The molecule has 1 aliphatic rings. The molecule has 0 saturated heterocycles. The molecule has 0 amide bonds. The van der Waals surface area contributed by atoms with Crippen molar-refractivity contribution in [2.45, 2.75) is 5.41 Å². The van der Waals surface area contributed by atoms with Gasteiger partial charge in [0.2, 0.25) is 0 Å². The van der Waals surface area contributed by atoms with Gasteiger partial charge in [-0.05, 0) is 97.2 Å². The molecule has 0 saturated carbocycles. The summed E-state index contributed by atoms with van der Waals surface area (Å²) >= 11 is 1.94. The predicted octanol–water partition coefficient (Wildman–Crippen LogP) is 16.4. The molecule has 0 N–H and O–H groups in total. The summed E-state index contributed by atoms with van der Waals surface area (Å²) in [5, 5.41) is 5.07. The molecule has 1 aromatic heterocycles. The minimum Gasteiger partial charge on any atom is -0.310 e. The molecule has 1 aliphatic carbocycles. The average Bonchev–Trinajstić information content (AvgIpc) is 3.87. The van der Waals surface area contributed by atoms with Crippen LogP contribution in [0.15, 0.2) is 237 Å². The smallest absolute Gasteiger partial charge is 0.0714 e. The van der Waals surface area contributed by atoms with Gasteiger partial charge in [0.1, 0.15) is 0 Å². The second kappa shape index (κ2) is 14.3. The van der Waals surface area contributed by atoms with Gasteiger partial charge in [-0.1, -0.05) is 200 Å². The first-order valence-electron chi connectivity index (χ1n) is 21.0. The zero-order chi connectivity index (χ0) is 40.3. The minimum atomic E-state index is -0.420. The molecule has 0 unspecified atom stereocenters. The van der Waals surface area contributed by atoms with Crippen LogP contribution < -0.4 is 4.90 Å². The number of rotatable bonds is 7. The Labute approximate surface area is 360 Å². The first-order valence-corrected chi connectivity index (χ1v) is 21.8. The molecule has 2 heteroatoms. The molecular formula is C59H39NS. The highest BCUT2D eigenvalue weighted by molar-refractivity contribution is 7.27. The standard InChI is InChI=1S/C59H39NS/c1-4-15-40(16-5-1)42-27-32-47(33-28-42)60(49-36-29-41-17-10-11-18-44(41)39-49)48-34-30-43(31-35-48)50-24-14-25-51-52-37-38-55-56(58(52)61-57(50)51)53-23-12-13-26-54(53)59(55,45-19-6-2-7-20-45)46-21-8-3-9-22-46/h1-39H. The van der Waals surface area contributed by atoms with E-state index in [1.165, 1.54) is 86.6 Å². The fourth-order valence-electron chi connectivity index (χ4n) is 9.99. The Kier molecular flexibility index (Phi) is 8.33. The maximum atomic E-state index is 2.42. The number of anilines is 3. The lowest BCUT2D eigenvalue weighted by atomic mass is 9.68. The van der Waals surface area contributed by atoms with Crippen molar-refractivity contribution in [1.82, 2.24) is 0 Å². The molecule has 0 aliphatic heterocycles. The van der Waals surface area contributed by atoms with Gasteiger partial charge in [-0.2, -0.15) is 0 Å². The Bertz CT molecular complexity index is 3350. The molecule has 1 nitrogen and oxygen atoms in total. The molecule has 12 rings (SSSR count). The third-order valence-electron chi connectivity index (χ3n) is 12.7. The van der Waals surface area contributed by atoms with E-state index in [1.807, 2.05) is 11.3 Å². The molecule has 11 aromatic rings. The van der Waals surface area contributed by atoms with Gasteiger partial charge >= 0.3 is 0 Å². The van der Waals surface area contributed by atoms with Crippen molar-refractivity contribution in [2.24, 2.45) is 0 Å². The van der Waals surface area contributed by atoms with Gasteiger partial charge < -0.3 is 4.90 Å². The summed E-state index contributed by atoms with van der Waals surface area (Å²) in [6.45, 7) is 0. The minimum absolute atomic E-state index is 0.420. The highest BCUT2D eigenvalue weighted by atomic mass is 32.1. The molecule has 0 spiro atoms. The maximum Gasteiger partial charge on any atom is 0.0714 e. The Morgan fingerprint density at radius 3 is 1.57 bits per heavy atom. The van der Waals surface area contributed by atoms with Crippen molar-refractivity contribution in [3.8, 4) is 33.4 Å². The predicted molar refractivity (Wildman–Crippen MR) is 260 cm³/mol. The Hall–Kier alpha value is -7.52. The SMILES string of the molecule is c1ccc(-c2ccc(N(c3ccc(-c4cccc5c4sc4c6c(ccc45)C(c4ccccc4)(c4ccccc4)c4ccccc4-6)cc3)c3ccc4ccccc4c3)cc2)cc1. The first kappa shape index (κ1) is 35.4. The molecular weight excluding hydrogens is 755 g/mol. The highest BCUT2D eigenvalue weighted by Gasteiger charge is 2.46. The fourth-order valence-corrected chi connectivity index (χ4v) is 11.4. The molecule has 0 bridgehead atoms. The maximum absolute atomic E-state index is 2.42. The van der Waals surface area contributed by atoms with Crippen molar-refractivity contribution in [3.63, 3.8) is 0 Å². The van der Waals surface area contributed by atoms with Crippen LogP contribution in [0.2, 0.25) is 0 Å². The van der Waals surface area contributed by atoms with E-state index < -0.39 is 5.41 Å². The van der Waals surface area contributed by atoms with Crippen LogP contribution in [0.3, 0.4) is 0 Å². The van der Waals surface area contributed by atoms with E-state index in [4.69, 9.17) is 0 Å². The summed E-state index contributed by atoms with van der Waals surface area (Å²) in [6, 6.07) is 87.0. The Balaban J connectivity index is 0.997. The zero-order valence-corrected chi connectivity index (χ0v) is 34.2. The van der Waals surface area contributed by atoms with Gasteiger partial charge in [-0.25, -0.2) is 0 Å². The second-order valence-electron chi connectivity index (χ2n) is 16.0. The Morgan fingerprint density at radius 1 is 0.328 bits per heavy atom. The van der Waals surface area contributed by atoms with E-state index in [0.29, 0.717) is 0 Å². The van der Waals surface area contributed by atoms with Gasteiger partial charge in [0.05, 0.1) is 5.41 Å². The van der Waals surface area contributed by atoms with Crippen LogP contribution in [-0.2, 0) is 5.41 Å². The lowest BCUT2D eigenvalue weighted by molar-refractivity contribution is 0.769. The van der Waals surface area contributed by atoms with Gasteiger partial charge in [0.15, 0.2) is 0 Å². The molecule has 0 radical (unpaired) electrons. The normalized spacial score (nSPS) is 12.7. The summed E-state index contributed by atoms with van der Waals surface area (Å²) < 4.78 is 2.66. The van der Waals surface area contributed by atoms with Crippen molar-refractivity contribution < 1.29 is 0 Å². The largest absolute Gasteiger partial charge is 0.310 e. The van der Waals surface area contributed by atoms with Gasteiger partial charge in [-0.15, -0.1) is 11.3 Å². The third-order valence-corrected chi connectivity index (χ3v) is 14.0. The van der Waals surface area contributed by atoms with Gasteiger partial charge in [-0.3, -0.25) is 0 Å². The summed E-state index contributed by atoms with van der Waals surface area (Å²) in [5.41, 5.74) is 15.8. The topological polar surface area (TPSA) is 3.24 Å². The quantitative estimate of drug-likeness (QED) is 0.155. The van der Waals surface area contributed by atoms with Crippen molar-refractivity contribution >= 4 is 59.3 Å². The van der Waals surface area contributed by atoms with Crippen LogP contribution in [0.4, 0.5) is 17.1 Å². The van der Waals surface area contributed by atoms with Crippen molar-refractivity contribution in [3.05, 3.63) is 259 Å². The number of hydrogen-bond donors (Lipinski definition) is 0. The van der Waals surface area contributed by atoms with Crippen LogP contribution in [0.1, 0.15) is 22.3 Å². The van der Waals surface area contributed by atoms with Crippen LogP contribution in [0, 0.1) is 0 Å². The summed E-state index contributed by atoms with van der Waals surface area (Å²) in [7, 11) is 0. The number of fused-ring (bicyclic) bond motifs is 8. The van der Waals surface area contributed by atoms with E-state index in [9.17, 15) is 0 Å². The Morgan fingerprint density at radius 2 is 0.869 bits per heavy atom. The monoisotopic (exact) mass is 793 g/mol. The van der Waals surface area contributed by atoms with E-state index in [2.05, 4.69) is 241 Å². The summed E-state index contributed by atoms with van der Waals surface area (Å²) in [6.07, 6.45) is 0. The summed E-state index contributed by atoms with van der Waals surface area (Å²) in [4.78, 5) is 2.37. The first-order chi connectivity index (χ1) is 30.3. The van der Waals surface area contributed by atoms with Crippen LogP contribution in [0.25, 0.3) is 64.3 Å². The van der Waals surface area contributed by atoms with E-state index >= 15 is 0 Å². The van der Waals surface area contributed by atoms with Crippen LogP contribution >= 0.6 is 11.3 Å². The van der Waals surface area contributed by atoms with E-state index in [-0.39, 0.29) is 0 Å². The van der Waals surface area contributed by atoms with Crippen LogP contribution in [-0.4, -0.2) is 0 Å². The van der Waals surface area contributed by atoms with E-state index in [1.54, 1.807) is 0 Å². The lowest BCUT2D eigenvalue weighted by Gasteiger charge is -2.33. The van der Waals surface area contributed by atoms with Crippen molar-refractivity contribution in [2.75, 3.05) is 4.90 Å². The highest BCUT2D eigenvalue weighted by Crippen LogP contribution is 2.59. The van der Waals surface area contributed by atoms with Gasteiger partial charge in [0, 0.05) is 42.8 Å². The lowest BCUT2D eigenvalue weighted by Crippen LogP contribution is -2.28. The van der Waals surface area contributed by atoms with E-state index in [0.717, 1.165) is 17.1 Å². The molecule has 286 valence electrons. The van der Waals surface area contributed by atoms with Crippen molar-refractivity contribution in [1.29, 1.82) is 0 Å². The number of thiophene rings is 1. The zero-order valence-electron chi connectivity index (χ0n) is 33.4. The molecule has 1 heterocycles. The number of hydrogen-bond acceptors (Lipinski definition) is 2. The number of benzene rings is 10. The fraction of sp³-hybridized carbons (Fsp3) is 0.0169. The average molecular weight is 794 g/mol. The van der Waals surface area contributed by atoms with Gasteiger partial charge in [0.25, 0.3) is 0 Å². The summed E-state index contributed by atoms with van der Waals surface area (Å²) in [5.74, 6) is 0. The molecule has 0 fully saturated rings. The number of nitrogens with zero attached hydrogens (tertiary/aromatic N) is 1. The second-order valence-corrected chi connectivity index (χ2v) is 17.0. The molecule has 61 heavy (non-hydrogen) atoms. The van der Waals surface area contributed by atoms with Crippen LogP contribution in [0.5, 0.6) is 0 Å². The molecule has 0 atom stereocenters. The third kappa shape index (κ3) is 5.60.